The highest BCUT2D eigenvalue weighted by molar-refractivity contribution is 6.31. The third-order valence-corrected chi connectivity index (χ3v) is 3.89. The zero-order valence-electron chi connectivity index (χ0n) is 11.5. The van der Waals surface area contributed by atoms with E-state index in [-0.39, 0.29) is 6.10 Å². The van der Waals surface area contributed by atoms with Gasteiger partial charge in [0.15, 0.2) is 0 Å². The molecule has 1 saturated heterocycles. The maximum atomic E-state index is 9.87. The summed E-state index contributed by atoms with van der Waals surface area (Å²) in [4.78, 5) is 4.43. The van der Waals surface area contributed by atoms with Crippen molar-refractivity contribution in [3.63, 3.8) is 0 Å². The average Bonchev–Trinajstić information content (AvgIpc) is 2.63. The standard InChI is InChI=1S/C14H22ClN3O/c1-17(2)8-12-6-13(19)9-18(12)7-10-5-11(16)3-4-14(10)15/h3-5,12-13,19H,6-9,16H2,1-2H3. The zero-order valence-corrected chi connectivity index (χ0v) is 12.3. The fourth-order valence-corrected chi connectivity index (χ4v) is 2.87. The van der Waals surface area contributed by atoms with E-state index in [1.807, 2.05) is 18.2 Å². The van der Waals surface area contributed by atoms with E-state index in [0.717, 1.165) is 35.8 Å². The number of likely N-dealkylation sites (N-methyl/N-ethyl adjacent to an activating group) is 1. The van der Waals surface area contributed by atoms with E-state index >= 15 is 0 Å². The van der Waals surface area contributed by atoms with E-state index < -0.39 is 0 Å². The fourth-order valence-electron chi connectivity index (χ4n) is 2.70. The Kier molecular flexibility index (Phi) is 4.68. The lowest BCUT2D eigenvalue weighted by Crippen LogP contribution is -2.37. The lowest BCUT2D eigenvalue weighted by Gasteiger charge is -2.27. The predicted molar refractivity (Wildman–Crippen MR) is 79.2 cm³/mol. The molecule has 2 atom stereocenters. The van der Waals surface area contributed by atoms with E-state index in [1.54, 1.807) is 0 Å². The summed E-state index contributed by atoms with van der Waals surface area (Å²) < 4.78 is 0. The molecule has 106 valence electrons. The molecule has 1 aliphatic rings. The van der Waals surface area contributed by atoms with Crippen LogP contribution in [0.3, 0.4) is 0 Å². The lowest BCUT2D eigenvalue weighted by molar-refractivity contribution is 0.169. The number of hydrogen-bond acceptors (Lipinski definition) is 4. The fraction of sp³-hybridized carbons (Fsp3) is 0.571. The Morgan fingerprint density at radius 3 is 2.89 bits per heavy atom. The third kappa shape index (κ3) is 3.83. The molecule has 19 heavy (non-hydrogen) atoms. The number of aliphatic hydroxyl groups is 1. The summed E-state index contributed by atoms with van der Waals surface area (Å²) in [6, 6.07) is 5.92. The van der Waals surface area contributed by atoms with E-state index in [2.05, 4.69) is 23.9 Å². The van der Waals surface area contributed by atoms with Crippen LogP contribution in [0.2, 0.25) is 5.02 Å². The Hall–Kier alpha value is -0.810. The molecule has 1 aromatic carbocycles. The Labute approximate surface area is 119 Å². The van der Waals surface area contributed by atoms with Crippen LogP contribution in [-0.2, 0) is 6.54 Å². The summed E-state index contributed by atoms with van der Waals surface area (Å²) in [5, 5.41) is 10.6. The number of β-amino-alcohol motifs (C(OH)–C–C–N with tert-alkyl or cyclic N) is 1. The quantitative estimate of drug-likeness (QED) is 0.821. The Bertz CT molecular complexity index is 439. The largest absolute Gasteiger partial charge is 0.399 e. The first kappa shape index (κ1) is 14.6. The van der Waals surface area contributed by atoms with Crippen LogP contribution in [0.1, 0.15) is 12.0 Å². The first-order valence-electron chi connectivity index (χ1n) is 6.56. The number of rotatable bonds is 4. The first-order chi connectivity index (χ1) is 8.95. The van der Waals surface area contributed by atoms with E-state index in [1.165, 1.54) is 0 Å². The van der Waals surface area contributed by atoms with Gasteiger partial charge in [-0.3, -0.25) is 4.90 Å². The number of likely N-dealkylation sites (tertiary alicyclic amines) is 1. The molecule has 4 nitrogen and oxygen atoms in total. The van der Waals surface area contributed by atoms with Gasteiger partial charge in [-0.15, -0.1) is 0 Å². The average molecular weight is 284 g/mol. The molecular formula is C14H22ClN3O. The van der Waals surface area contributed by atoms with Gasteiger partial charge in [0, 0.05) is 36.4 Å². The van der Waals surface area contributed by atoms with Crippen molar-refractivity contribution in [1.29, 1.82) is 0 Å². The number of anilines is 1. The van der Waals surface area contributed by atoms with Crippen molar-refractivity contribution in [2.45, 2.75) is 25.1 Å². The van der Waals surface area contributed by atoms with Crippen molar-refractivity contribution in [3.05, 3.63) is 28.8 Å². The van der Waals surface area contributed by atoms with Crippen molar-refractivity contribution in [1.82, 2.24) is 9.80 Å². The van der Waals surface area contributed by atoms with Crippen LogP contribution in [-0.4, -0.2) is 54.2 Å². The molecule has 0 saturated carbocycles. The lowest BCUT2D eigenvalue weighted by atomic mass is 10.1. The van der Waals surface area contributed by atoms with Gasteiger partial charge in [0.1, 0.15) is 0 Å². The van der Waals surface area contributed by atoms with Crippen LogP contribution in [0.5, 0.6) is 0 Å². The first-order valence-corrected chi connectivity index (χ1v) is 6.94. The summed E-state index contributed by atoms with van der Waals surface area (Å²) in [5.41, 5.74) is 7.56. The minimum absolute atomic E-state index is 0.246. The molecule has 2 rings (SSSR count). The Morgan fingerprint density at radius 2 is 2.21 bits per heavy atom. The van der Waals surface area contributed by atoms with Gasteiger partial charge in [0.25, 0.3) is 0 Å². The number of benzene rings is 1. The Balaban J connectivity index is 2.09. The second-order valence-electron chi connectivity index (χ2n) is 5.59. The van der Waals surface area contributed by atoms with Crippen LogP contribution in [0.15, 0.2) is 18.2 Å². The molecule has 0 bridgehead atoms. The van der Waals surface area contributed by atoms with Crippen LogP contribution in [0.25, 0.3) is 0 Å². The maximum absolute atomic E-state index is 9.87. The Morgan fingerprint density at radius 1 is 1.47 bits per heavy atom. The molecule has 5 heteroatoms. The minimum atomic E-state index is -0.246. The van der Waals surface area contributed by atoms with Gasteiger partial charge in [-0.25, -0.2) is 0 Å². The zero-order chi connectivity index (χ0) is 14.0. The summed E-state index contributed by atoms with van der Waals surface area (Å²) >= 11 is 6.21. The molecule has 1 aromatic rings. The van der Waals surface area contributed by atoms with Gasteiger partial charge in [-0.2, -0.15) is 0 Å². The van der Waals surface area contributed by atoms with Gasteiger partial charge < -0.3 is 15.7 Å². The molecule has 0 amide bonds. The summed E-state index contributed by atoms with van der Waals surface area (Å²) in [6.45, 7) is 2.38. The number of aliphatic hydroxyl groups excluding tert-OH is 1. The van der Waals surface area contributed by atoms with Crippen molar-refractivity contribution in [3.8, 4) is 0 Å². The number of nitrogens with two attached hydrogens (primary N) is 1. The van der Waals surface area contributed by atoms with Crippen molar-refractivity contribution in [2.24, 2.45) is 0 Å². The third-order valence-electron chi connectivity index (χ3n) is 3.52. The molecule has 0 spiro atoms. The summed E-state index contributed by atoms with van der Waals surface area (Å²) in [6.07, 6.45) is 0.572. The monoisotopic (exact) mass is 283 g/mol. The van der Waals surface area contributed by atoms with Crippen LogP contribution in [0.4, 0.5) is 5.69 Å². The van der Waals surface area contributed by atoms with Gasteiger partial charge in [0.05, 0.1) is 6.10 Å². The molecular weight excluding hydrogens is 262 g/mol. The predicted octanol–water partition coefficient (Wildman–Crippen LogP) is 1.42. The molecule has 0 aliphatic carbocycles. The normalized spacial score (nSPS) is 24.3. The second-order valence-corrected chi connectivity index (χ2v) is 5.99. The SMILES string of the molecule is CN(C)CC1CC(O)CN1Cc1cc(N)ccc1Cl. The van der Waals surface area contributed by atoms with Gasteiger partial charge >= 0.3 is 0 Å². The molecule has 3 N–H and O–H groups in total. The van der Waals surface area contributed by atoms with Crippen LogP contribution < -0.4 is 5.73 Å². The van der Waals surface area contributed by atoms with E-state index in [4.69, 9.17) is 17.3 Å². The second kappa shape index (κ2) is 6.09. The minimum Gasteiger partial charge on any atom is -0.399 e. The molecule has 1 aliphatic heterocycles. The molecule has 1 heterocycles. The summed E-state index contributed by atoms with van der Waals surface area (Å²) in [5.74, 6) is 0. The highest BCUT2D eigenvalue weighted by atomic mass is 35.5. The van der Waals surface area contributed by atoms with E-state index in [9.17, 15) is 5.11 Å². The van der Waals surface area contributed by atoms with Crippen molar-refractivity contribution < 1.29 is 5.11 Å². The highest BCUT2D eigenvalue weighted by Gasteiger charge is 2.31. The van der Waals surface area contributed by atoms with Crippen molar-refractivity contribution >= 4 is 17.3 Å². The van der Waals surface area contributed by atoms with Crippen LogP contribution in [0, 0.1) is 0 Å². The smallest absolute Gasteiger partial charge is 0.0682 e. The number of halogens is 1. The molecule has 0 radical (unpaired) electrons. The maximum Gasteiger partial charge on any atom is 0.0682 e. The summed E-state index contributed by atoms with van der Waals surface area (Å²) in [7, 11) is 4.10. The molecule has 1 fully saturated rings. The molecule has 0 aromatic heterocycles. The van der Waals surface area contributed by atoms with Crippen LogP contribution >= 0.6 is 11.6 Å². The number of nitrogens with zero attached hydrogens (tertiary/aromatic N) is 2. The highest BCUT2D eigenvalue weighted by Crippen LogP contribution is 2.25. The van der Waals surface area contributed by atoms with Gasteiger partial charge in [-0.1, -0.05) is 11.6 Å². The molecule has 2 unspecified atom stereocenters. The number of nitrogen functional groups attached to an aromatic ring is 1. The van der Waals surface area contributed by atoms with E-state index in [0.29, 0.717) is 12.6 Å². The van der Waals surface area contributed by atoms with Gasteiger partial charge in [-0.05, 0) is 44.3 Å². The number of hydrogen-bond donors (Lipinski definition) is 2. The van der Waals surface area contributed by atoms with Crippen molar-refractivity contribution in [2.75, 3.05) is 32.9 Å². The van der Waals surface area contributed by atoms with Gasteiger partial charge in [0.2, 0.25) is 0 Å². The topological polar surface area (TPSA) is 52.7 Å².